The maximum absolute atomic E-state index is 13.5. The fourth-order valence-electron chi connectivity index (χ4n) is 3.88. The van der Waals surface area contributed by atoms with Crippen LogP contribution in [0.25, 0.3) is 0 Å². The zero-order valence-corrected chi connectivity index (χ0v) is 19.8. The lowest BCUT2D eigenvalue weighted by Crippen LogP contribution is -2.61. The van der Waals surface area contributed by atoms with Crippen molar-refractivity contribution in [1.82, 2.24) is 5.32 Å². The van der Waals surface area contributed by atoms with Gasteiger partial charge in [-0.3, -0.25) is 14.4 Å². The van der Waals surface area contributed by atoms with Crippen molar-refractivity contribution in [2.24, 2.45) is 11.3 Å². The number of nitrogens with one attached hydrogen (secondary N) is 1. The molecule has 1 aliphatic carbocycles. The van der Waals surface area contributed by atoms with Crippen molar-refractivity contribution >= 4 is 17.7 Å². The molecule has 2 bridgehead atoms. The van der Waals surface area contributed by atoms with Gasteiger partial charge in [-0.15, -0.1) is 0 Å². The summed E-state index contributed by atoms with van der Waals surface area (Å²) < 4.78 is 5.61. The first-order chi connectivity index (χ1) is 15.4. The van der Waals surface area contributed by atoms with Crippen LogP contribution in [0.2, 0.25) is 0 Å². The molecule has 0 aromatic carbocycles. The smallest absolute Gasteiger partial charge is 0.322 e. The number of ketones is 1. The van der Waals surface area contributed by atoms with E-state index >= 15 is 0 Å². The van der Waals surface area contributed by atoms with Crippen LogP contribution in [0.3, 0.4) is 0 Å². The van der Waals surface area contributed by atoms with Gasteiger partial charge in [-0.25, -0.2) is 0 Å². The average molecular weight is 462 g/mol. The Hall–Kier alpha value is -2.55. The number of fused-ring (bicyclic) bond motifs is 10. The molecule has 0 aromatic heterocycles. The lowest BCUT2D eigenvalue weighted by Gasteiger charge is -2.42. The lowest BCUT2D eigenvalue weighted by molar-refractivity contribution is -0.181. The van der Waals surface area contributed by atoms with Crippen molar-refractivity contribution in [3.8, 4) is 0 Å². The highest BCUT2D eigenvalue weighted by Crippen LogP contribution is 2.38. The molecule has 1 saturated heterocycles. The van der Waals surface area contributed by atoms with Crippen LogP contribution in [0.5, 0.6) is 0 Å². The van der Waals surface area contributed by atoms with E-state index in [1.54, 1.807) is 44.2 Å². The van der Waals surface area contributed by atoms with Gasteiger partial charge in [-0.1, -0.05) is 54.5 Å². The van der Waals surface area contributed by atoms with E-state index in [-0.39, 0.29) is 6.42 Å². The Bertz CT molecular complexity index is 885. The molecule has 4 N–H and O–H groups in total. The summed E-state index contributed by atoms with van der Waals surface area (Å²) >= 11 is 0. The summed E-state index contributed by atoms with van der Waals surface area (Å²) in [6, 6.07) is -1.09. The number of hydrogen-bond acceptors (Lipinski definition) is 7. The summed E-state index contributed by atoms with van der Waals surface area (Å²) in [7, 11) is 0. The number of rotatable bonds is 2. The Kier molecular flexibility index (Phi) is 8.94. The maximum atomic E-state index is 13.5. The van der Waals surface area contributed by atoms with Crippen LogP contribution in [-0.2, 0) is 19.1 Å². The highest BCUT2D eigenvalue weighted by Gasteiger charge is 2.56. The second kappa shape index (κ2) is 11.0. The van der Waals surface area contributed by atoms with Crippen LogP contribution < -0.4 is 5.32 Å². The van der Waals surface area contributed by atoms with Gasteiger partial charge < -0.3 is 25.4 Å². The quantitative estimate of drug-likeness (QED) is 0.362. The van der Waals surface area contributed by atoms with Gasteiger partial charge in [0.15, 0.2) is 5.78 Å². The zero-order chi connectivity index (χ0) is 24.9. The summed E-state index contributed by atoms with van der Waals surface area (Å²) in [5.41, 5.74) is -0.292. The Morgan fingerprint density at radius 3 is 2.39 bits per heavy atom. The first-order valence-corrected chi connectivity index (χ1v) is 11.2. The van der Waals surface area contributed by atoms with Gasteiger partial charge in [0.1, 0.15) is 17.6 Å². The van der Waals surface area contributed by atoms with Crippen LogP contribution in [-0.4, -0.2) is 63.4 Å². The minimum absolute atomic E-state index is 0.0439. The fourth-order valence-corrected chi connectivity index (χ4v) is 3.88. The molecule has 182 valence electrons. The van der Waals surface area contributed by atoms with Crippen molar-refractivity contribution in [3.05, 3.63) is 47.6 Å². The molecule has 1 amide bonds. The number of hydrogen-bond donors (Lipinski definition) is 4. The number of ether oxygens (including phenoxy) is 1. The summed E-state index contributed by atoms with van der Waals surface area (Å²) in [5, 5.41) is 32.9. The van der Waals surface area contributed by atoms with E-state index < -0.39 is 59.5 Å². The van der Waals surface area contributed by atoms with Gasteiger partial charge in [-0.2, -0.15) is 0 Å². The number of carbonyl (C=O) groups is 3. The maximum Gasteiger partial charge on any atom is 0.322 e. The number of amides is 1. The molecule has 2 heterocycles. The van der Waals surface area contributed by atoms with Gasteiger partial charge in [0, 0.05) is 6.42 Å². The van der Waals surface area contributed by atoms with Crippen LogP contribution in [0.15, 0.2) is 47.6 Å². The standard InChI is InChI=1S/C25H35NO7/c1-14-6-9-18(28)10-8-15(2)12-21(26-23(31)17(4)27)25(5)22(30)16(3)20(33-24(25)32)13-19(29)11-7-14/h6-8,10-12,16-21,27-29H,9,13H2,1-5H3,(H,26,31)/b10-8+,11-7+,14-6+,15-12+/t16-,17-,18+,19-,20-,21-,25+/m1/s1. The summed E-state index contributed by atoms with van der Waals surface area (Å²) in [6.45, 7) is 7.89. The summed E-state index contributed by atoms with van der Waals surface area (Å²) in [4.78, 5) is 38.9. The molecule has 3 rings (SSSR count). The third-order valence-corrected chi connectivity index (χ3v) is 6.21. The topological polar surface area (TPSA) is 133 Å². The number of Topliss-reactive ketones (excluding diaryl/α,β-unsaturated/α-hetero) is 1. The molecule has 2 aliphatic heterocycles. The van der Waals surface area contributed by atoms with Crippen molar-refractivity contribution in [3.63, 3.8) is 0 Å². The molecule has 0 radical (unpaired) electrons. The van der Waals surface area contributed by atoms with E-state index in [4.69, 9.17) is 4.74 Å². The molecule has 0 spiro atoms. The minimum Gasteiger partial charge on any atom is -0.461 e. The van der Waals surface area contributed by atoms with Crippen molar-refractivity contribution < 1.29 is 34.4 Å². The molecule has 1 fully saturated rings. The molecule has 0 saturated carbocycles. The number of aliphatic hydroxyl groups excluding tert-OH is 3. The molecule has 0 aromatic rings. The largest absolute Gasteiger partial charge is 0.461 e. The van der Waals surface area contributed by atoms with E-state index in [0.29, 0.717) is 12.0 Å². The Morgan fingerprint density at radius 2 is 1.76 bits per heavy atom. The highest BCUT2D eigenvalue weighted by atomic mass is 16.5. The monoisotopic (exact) mass is 461 g/mol. The third-order valence-electron chi connectivity index (χ3n) is 6.21. The number of carbonyl (C=O) groups excluding carboxylic acids is 3. The Balaban J connectivity index is 2.56. The van der Waals surface area contributed by atoms with Crippen molar-refractivity contribution in [2.75, 3.05) is 0 Å². The first-order valence-electron chi connectivity index (χ1n) is 11.2. The molecular weight excluding hydrogens is 426 g/mol. The number of allylic oxidation sites excluding steroid dienone is 4. The van der Waals surface area contributed by atoms with Gasteiger partial charge in [0.2, 0.25) is 5.91 Å². The molecular formula is C25H35NO7. The van der Waals surface area contributed by atoms with Gasteiger partial charge in [-0.05, 0) is 34.1 Å². The van der Waals surface area contributed by atoms with E-state index in [0.717, 1.165) is 5.57 Å². The normalized spacial score (nSPS) is 39.8. The molecule has 33 heavy (non-hydrogen) atoms. The fraction of sp³-hybridized carbons (Fsp3) is 0.560. The second-order valence-electron chi connectivity index (χ2n) is 9.14. The molecule has 0 unspecified atom stereocenters. The number of aliphatic hydroxyl groups is 3. The van der Waals surface area contributed by atoms with E-state index in [1.165, 1.54) is 13.8 Å². The van der Waals surface area contributed by atoms with Crippen molar-refractivity contribution in [2.45, 2.75) is 77.9 Å². The van der Waals surface area contributed by atoms with E-state index in [9.17, 15) is 29.7 Å². The van der Waals surface area contributed by atoms with Gasteiger partial charge in [0.05, 0.1) is 24.2 Å². The summed E-state index contributed by atoms with van der Waals surface area (Å²) in [5.74, 6) is -2.70. The van der Waals surface area contributed by atoms with Crippen LogP contribution in [0.1, 0.15) is 47.5 Å². The molecule has 3 aliphatic rings. The predicted octanol–water partition coefficient (Wildman–Crippen LogP) is 1.51. The zero-order valence-electron chi connectivity index (χ0n) is 19.8. The second-order valence-corrected chi connectivity index (χ2v) is 9.14. The lowest BCUT2D eigenvalue weighted by atomic mass is 9.69. The number of esters is 1. The third kappa shape index (κ3) is 6.50. The highest BCUT2D eigenvalue weighted by molar-refractivity contribution is 6.08. The van der Waals surface area contributed by atoms with Crippen molar-refractivity contribution in [1.29, 1.82) is 0 Å². The molecule has 8 heteroatoms. The van der Waals surface area contributed by atoms with Crippen LogP contribution in [0, 0.1) is 11.3 Å². The van der Waals surface area contributed by atoms with Gasteiger partial charge >= 0.3 is 5.97 Å². The van der Waals surface area contributed by atoms with E-state index in [2.05, 4.69) is 5.32 Å². The SMILES string of the molecule is CC1=C\C[C@H](O)/C=C/C(C)=C/[C@@H](NC(=O)[C@@H](C)O)[C@]2(C)C(=O)O[C@H](C[C@H](O)\C=C\1)[C@@H](C)C2=O. The Morgan fingerprint density at radius 1 is 1.15 bits per heavy atom. The Labute approximate surface area is 194 Å². The minimum atomic E-state index is -1.74. The predicted molar refractivity (Wildman–Crippen MR) is 123 cm³/mol. The molecule has 8 nitrogen and oxygen atoms in total. The first kappa shape index (κ1) is 26.7. The average Bonchev–Trinajstić information content (AvgIpc) is 2.75. The van der Waals surface area contributed by atoms with Crippen LogP contribution >= 0.6 is 0 Å². The van der Waals surface area contributed by atoms with E-state index in [1.807, 2.05) is 13.0 Å². The van der Waals surface area contributed by atoms with Crippen LogP contribution in [0.4, 0.5) is 0 Å². The molecule has 7 atom stereocenters. The van der Waals surface area contributed by atoms with Gasteiger partial charge in [0.25, 0.3) is 0 Å². The summed E-state index contributed by atoms with van der Waals surface area (Å²) in [6.07, 6.45) is 6.38.